The largest absolute Gasteiger partial charge is 0.455 e. The van der Waals surface area contributed by atoms with Gasteiger partial charge in [0.2, 0.25) is 5.91 Å². The maximum Gasteiger partial charge on any atom is 0.221 e. The van der Waals surface area contributed by atoms with Gasteiger partial charge in [0.1, 0.15) is 11.5 Å². The molecule has 0 saturated heterocycles. The number of carbonyl (C=O) groups is 1. The summed E-state index contributed by atoms with van der Waals surface area (Å²) in [7, 11) is 0. The molecule has 2 aromatic rings. The van der Waals surface area contributed by atoms with Crippen LogP contribution in [0.4, 0.5) is 11.4 Å². The number of carbonyl (C=O) groups excluding carboxylic acids is 1. The molecule has 0 aliphatic heterocycles. The van der Waals surface area contributed by atoms with Crippen molar-refractivity contribution in [1.29, 1.82) is 0 Å². The number of amides is 1. The third-order valence-electron chi connectivity index (χ3n) is 2.35. The fraction of sp³-hybridized carbons (Fsp3) is 0.0714. The number of hydrogen-bond acceptors (Lipinski definition) is 3. The summed E-state index contributed by atoms with van der Waals surface area (Å²) in [6.45, 7) is 1.46. The lowest BCUT2D eigenvalue weighted by Crippen LogP contribution is -2.05. The fourth-order valence-corrected chi connectivity index (χ4v) is 1.96. The molecule has 2 rings (SSSR count). The van der Waals surface area contributed by atoms with Crippen LogP contribution in [0.3, 0.4) is 0 Å². The smallest absolute Gasteiger partial charge is 0.221 e. The first-order chi connectivity index (χ1) is 9.04. The second-order valence-corrected chi connectivity index (χ2v) is 4.91. The van der Waals surface area contributed by atoms with E-state index in [1.165, 1.54) is 6.92 Å². The monoisotopic (exact) mass is 356 g/mol. The Bertz CT molecular complexity index is 620. The first kappa shape index (κ1) is 16.3. The standard InChI is InChI=1S/C14H13BrN2O2.ClH/c1-9(18)17-11-3-2-4-12(8-11)19-14-6-5-10(15)7-13(14)16;/h2-8H,16H2,1H3,(H,17,18);1H. The van der Waals surface area contributed by atoms with Gasteiger partial charge >= 0.3 is 0 Å². The molecule has 0 aliphatic carbocycles. The normalized spacial score (nSPS) is 9.50. The van der Waals surface area contributed by atoms with Gasteiger partial charge in [-0.05, 0) is 30.3 Å². The predicted molar refractivity (Wildman–Crippen MR) is 86.6 cm³/mol. The second kappa shape index (κ2) is 7.17. The highest BCUT2D eigenvalue weighted by Crippen LogP contribution is 2.30. The molecule has 0 fully saturated rings. The van der Waals surface area contributed by atoms with Gasteiger partial charge in [-0.25, -0.2) is 0 Å². The number of nitrogen functional groups attached to an aromatic ring is 1. The van der Waals surface area contributed by atoms with Crippen molar-refractivity contribution in [2.24, 2.45) is 0 Å². The molecule has 0 radical (unpaired) electrons. The van der Waals surface area contributed by atoms with Crippen LogP contribution in [0, 0.1) is 0 Å². The molecule has 0 unspecified atom stereocenters. The van der Waals surface area contributed by atoms with E-state index >= 15 is 0 Å². The summed E-state index contributed by atoms with van der Waals surface area (Å²) in [6, 6.07) is 12.5. The Morgan fingerprint density at radius 1 is 1.25 bits per heavy atom. The number of anilines is 2. The molecule has 0 saturated carbocycles. The molecule has 3 N–H and O–H groups in total. The zero-order valence-electron chi connectivity index (χ0n) is 10.7. The maximum absolute atomic E-state index is 11.0. The summed E-state index contributed by atoms with van der Waals surface area (Å²) >= 11 is 3.34. The van der Waals surface area contributed by atoms with Crippen molar-refractivity contribution in [3.63, 3.8) is 0 Å². The molecule has 1 amide bonds. The topological polar surface area (TPSA) is 64.3 Å². The van der Waals surface area contributed by atoms with Gasteiger partial charge in [-0.1, -0.05) is 22.0 Å². The zero-order chi connectivity index (χ0) is 13.8. The molecule has 6 heteroatoms. The minimum absolute atomic E-state index is 0. The summed E-state index contributed by atoms with van der Waals surface area (Å²) in [4.78, 5) is 11.0. The minimum atomic E-state index is -0.125. The molecule has 106 valence electrons. The Hall–Kier alpha value is -1.72. The van der Waals surface area contributed by atoms with Crippen molar-refractivity contribution in [3.05, 3.63) is 46.9 Å². The van der Waals surface area contributed by atoms with E-state index in [9.17, 15) is 4.79 Å². The first-order valence-corrected chi connectivity index (χ1v) is 6.44. The van der Waals surface area contributed by atoms with E-state index in [4.69, 9.17) is 10.5 Å². The van der Waals surface area contributed by atoms with Crippen molar-refractivity contribution in [3.8, 4) is 11.5 Å². The van der Waals surface area contributed by atoms with Gasteiger partial charge in [-0.15, -0.1) is 12.4 Å². The lowest BCUT2D eigenvalue weighted by molar-refractivity contribution is -0.114. The van der Waals surface area contributed by atoms with Gasteiger partial charge in [0.25, 0.3) is 0 Å². The number of benzene rings is 2. The van der Waals surface area contributed by atoms with Gasteiger partial charge in [0.15, 0.2) is 0 Å². The van der Waals surface area contributed by atoms with Crippen molar-refractivity contribution < 1.29 is 9.53 Å². The van der Waals surface area contributed by atoms with Crippen LogP contribution in [-0.4, -0.2) is 5.91 Å². The van der Waals surface area contributed by atoms with Crippen LogP contribution in [0.15, 0.2) is 46.9 Å². The van der Waals surface area contributed by atoms with Gasteiger partial charge in [0, 0.05) is 23.2 Å². The molecule has 2 aromatic carbocycles. The van der Waals surface area contributed by atoms with E-state index < -0.39 is 0 Å². The van der Waals surface area contributed by atoms with Crippen molar-refractivity contribution in [2.45, 2.75) is 6.92 Å². The molecular formula is C14H14BrClN2O2. The van der Waals surface area contributed by atoms with Crippen molar-refractivity contribution in [2.75, 3.05) is 11.1 Å². The summed E-state index contributed by atoms with van der Waals surface area (Å²) in [5, 5.41) is 2.70. The van der Waals surface area contributed by atoms with Crippen molar-refractivity contribution in [1.82, 2.24) is 0 Å². The summed E-state index contributed by atoms with van der Waals surface area (Å²) in [5.41, 5.74) is 7.09. The summed E-state index contributed by atoms with van der Waals surface area (Å²) in [5.74, 6) is 1.06. The highest BCUT2D eigenvalue weighted by Gasteiger charge is 2.04. The van der Waals surface area contributed by atoms with Crippen LogP contribution in [0.5, 0.6) is 11.5 Å². The minimum Gasteiger partial charge on any atom is -0.455 e. The van der Waals surface area contributed by atoms with Gasteiger partial charge in [-0.3, -0.25) is 4.79 Å². The molecule has 20 heavy (non-hydrogen) atoms. The molecule has 0 bridgehead atoms. The van der Waals surface area contributed by atoms with Crippen LogP contribution in [0.2, 0.25) is 0 Å². The lowest BCUT2D eigenvalue weighted by Gasteiger charge is -2.10. The van der Waals surface area contributed by atoms with Crippen LogP contribution in [0.1, 0.15) is 6.92 Å². The predicted octanol–water partition coefficient (Wildman–Crippen LogP) is 4.20. The third-order valence-corrected chi connectivity index (χ3v) is 2.85. The van der Waals surface area contributed by atoms with E-state index in [2.05, 4.69) is 21.2 Å². The summed E-state index contributed by atoms with van der Waals surface area (Å²) in [6.07, 6.45) is 0. The molecule has 4 nitrogen and oxygen atoms in total. The zero-order valence-corrected chi connectivity index (χ0v) is 13.1. The second-order valence-electron chi connectivity index (χ2n) is 3.99. The number of halogens is 2. The van der Waals surface area contributed by atoms with E-state index in [1.807, 2.05) is 6.07 Å². The number of nitrogens with one attached hydrogen (secondary N) is 1. The Kier molecular flexibility index (Phi) is 5.85. The quantitative estimate of drug-likeness (QED) is 0.809. The molecule has 0 heterocycles. The van der Waals surface area contributed by atoms with Crippen LogP contribution in [0.25, 0.3) is 0 Å². The first-order valence-electron chi connectivity index (χ1n) is 5.65. The molecule has 0 atom stereocenters. The van der Waals surface area contributed by atoms with E-state index in [0.29, 0.717) is 22.9 Å². The number of rotatable bonds is 3. The van der Waals surface area contributed by atoms with E-state index in [-0.39, 0.29) is 18.3 Å². The van der Waals surface area contributed by atoms with Gasteiger partial charge < -0.3 is 15.8 Å². The van der Waals surface area contributed by atoms with Crippen LogP contribution in [-0.2, 0) is 4.79 Å². The molecule has 0 aliphatic rings. The molecule has 0 aromatic heterocycles. The highest BCUT2D eigenvalue weighted by molar-refractivity contribution is 9.10. The SMILES string of the molecule is CC(=O)Nc1cccc(Oc2ccc(Br)cc2N)c1.Cl. The highest BCUT2D eigenvalue weighted by atomic mass is 79.9. The Morgan fingerprint density at radius 2 is 2.00 bits per heavy atom. The lowest BCUT2D eigenvalue weighted by atomic mass is 10.2. The Balaban J connectivity index is 0.00000200. The average Bonchev–Trinajstić information content (AvgIpc) is 2.32. The summed E-state index contributed by atoms with van der Waals surface area (Å²) < 4.78 is 6.58. The van der Waals surface area contributed by atoms with Crippen LogP contribution < -0.4 is 15.8 Å². The number of ether oxygens (including phenoxy) is 1. The number of nitrogens with two attached hydrogens (primary N) is 1. The van der Waals surface area contributed by atoms with Gasteiger partial charge in [-0.2, -0.15) is 0 Å². The Labute approximate surface area is 131 Å². The van der Waals surface area contributed by atoms with Crippen LogP contribution >= 0.6 is 28.3 Å². The fourth-order valence-electron chi connectivity index (χ4n) is 1.58. The Morgan fingerprint density at radius 3 is 2.65 bits per heavy atom. The van der Waals surface area contributed by atoms with Gasteiger partial charge in [0.05, 0.1) is 5.69 Å². The van der Waals surface area contributed by atoms with E-state index in [1.54, 1.807) is 36.4 Å². The maximum atomic E-state index is 11.0. The molecular weight excluding hydrogens is 344 g/mol. The van der Waals surface area contributed by atoms with Crippen molar-refractivity contribution >= 4 is 45.6 Å². The third kappa shape index (κ3) is 4.43. The molecule has 0 spiro atoms. The average molecular weight is 358 g/mol. The van der Waals surface area contributed by atoms with E-state index in [0.717, 1.165) is 4.47 Å². The number of hydrogen-bond donors (Lipinski definition) is 2.